The van der Waals surface area contributed by atoms with Gasteiger partial charge in [-0.25, -0.2) is 4.98 Å². The number of carbonyl (C=O) groups is 1. The summed E-state index contributed by atoms with van der Waals surface area (Å²) in [6.45, 7) is 0. The van der Waals surface area contributed by atoms with Gasteiger partial charge in [0.2, 0.25) is 6.41 Å². The van der Waals surface area contributed by atoms with Crippen LogP contribution in [-0.2, 0) is 10.4 Å². The Morgan fingerprint density at radius 3 is 2.29 bits per heavy atom. The van der Waals surface area contributed by atoms with Crippen LogP contribution in [0, 0.1) is 0 Å². The van der Waals surface area contributed by atoms with Crippen molar-refractivity contribution in [3.8, 4) is 0 Å². The van der Waals surface area contributed by atoms with E-state index in [-0.39, 0.29) is 17.2 Å². The number of fused-ring (bicyclic) bond motifs is 1. The number of aromatic nitrogens is 3. The summed E-state index contributed by atoms with van der Waals surface area (Å²) in [7, 11) is 0. The Balaban J connectivity index is 1.69. The second-order valence-electron chi connectivity index (χ2n) is 7.40. The first-order valence-electron chi connectivity index (χ1n) is 9.82. The van der Waals surface area contributed by atoms with Gasteiger partial charge in [0, 0.05) is 28.5 Å². The predicted octanol–water partition coefficient (Wildman–Crippen LogP) is 5.31. The number of rotatable bonds is 6. The van der Waals surface area contributed by atoms with Crippen molar-refractivity contribution in [1.29, 1.82) is 0 Å². The maximum absolute atomic E-state index is 13.2. The van der Waals surface area contributed by atoms with Crippen LogP contribution in [0.5, 0.6) is 0 Å². The smallest absolute Gasteiger partial charge is 0.369 e. The summed E-state index contributed by atoms with van der Waals surface area (Å²) in [6.07, 6.45) is -8.66. The van der Waals surface area contributed by atoms with Gasteiger partial charge in [-0.3, -0.25) is 14.8 Å². The van der Waals surface area contributed by atoms with Crippen LogP contribution < -0.4 is 10.2 Å². The zero-order valence-electron chi connectivity index (χ0n) is 17.4. The van der Waals surface area contributed by atoms with Gasteiger partial charge < -0.3 is 10.4 Å². The van der Waals surface area contributed by atoms with Crippen LogP contribution in [0.25, 0.3) is 10.9 Å². The monoisotopic (exact) mass is 495 g/mol. The molecule has 0 aliphatic heterocycles. The maximum Gasteiger partial charge on any atom is 0.430 e. The van der Waals surface area contributed by atoms with Crippen molar-refractivity contribution in [3.63, 3.8) is 0 Å². The lowest BCUT2D eigenvalue weighted by molar-refractivity contribution is -0.376. The number of pyridine rings is 1. The molecule has 0 saturated carbocycles. The number of benzene rings is 2. The molecule has 0 unspecified atom stereocenters. The average molecular weight is 495 g/mol. The number of hydrogen-bond acceptors (Lipinski definition) is 5. The van der Waals surface area contributed by atoms with Gasteiger partial charge in [-0.15, -0.1) is 0 Å². The Hall–Kier alpha value is -4.13. The molecule has 0 radical (unpaired) electrons. The van der Waals surface area contributed by atoms with E-state index in [0.29, 0.717) is 24.2 Å². The lowest BCUT2D eigenvalue weighted by Gasteiger charge is -2.33. The molecule has 0 bridgehead atoms. The minimum Gasteiger partial charge on any atom is -0.369 e. The van der Waals surface area contributed by atoms with E-state index in [1.165, 1.54) is 18.3 Å². The first-order valence-corrected chi connectivity index (χ1v) is 9.82. The fraction of sp³-hybridized carbons (Fsp3) is 0.136. The second-order valence-corrected chi connectivity index (χ2v) is 7.40. The van der Waals surface area contributed by atoms with E-state index in [9.17, 15) is 36.2 Å². The van der Waals surface area contributed by atoms with Gasteiger partial charge in [-0.2, -0.15) is 31.4 Å². The van der Waals surface area contributed by atoms with Crippen LogP contribution in [0.3, 0.4) is 0 Å². The molecule has 3 N–H and O–H groups in total. The third-order valence-corrected chi connectivity index (χ3v) is 5.24. The summed E-state index contributed by atoms with van der Waals surface area (Å²) in [6, 6.07) is 10.9. The van der Waals surface area contributed by atoms with Gasteiger partial charge in [0.15, 0.2) is 5.82 Å². The number of H-pyrrole nitrogens is 1. The first-order chi connectivity index (χ1) is 16.5. The molecule has 13 heteroatoms. The van der Waals surface area contributed by atoms with Crippen LogP contribution in [0.1, 0.15) is 5.56 Å². The third-order valence-electron chi connectivity index (χ3n) is 5.24. The molecule has 35 heavy (non-hydrogen) atoms. The van der Waals surface area contributed by atoms with Gasteiger partial charge in [-0.1, -0.05) is 12.1 Å². The molecule has 4 aromatic rings. The average Bonchev–Trinajstić information content (AvgIpc) is 3.27. The molecular weight excluding hydrogens is 480 g/mol. The Morgan fingerprint density at radius 1 is 0.971 bits per heavy atom. The van der Waals surface area contributed by atoms with E-state index in [4.69, 9.17) is 0 Å². The summed E-state index contributed by atoms with van der Waals surface area (Å²) in [5.41, 5.74) is -5.11. The minimum absolute atomic E-state index is 0.0597. The van der Waals surface area contributed by atoms with Crippen molar-refractivity contribution >= 4 is 40.2 Å². The summed E-state index contributed by atoms with van der Waals surface area (Å²) < 4.78 is 78.9. The number of amides is 1. The summed E-state index contributed by atoms with van der Waals surface area (Å²) in [5.74, 6) is 0.185. The lowest BCUT2D eigenvalue weighted by atomic mass is 9.92. The number of aromatic amines is 1. The Labute approximate surface area is 193 Å². The normalized spacial score (nSPS) is 12.5. The zero-order chi connectivity index (χ0) is 25.4. The van der Waals surface area contributed by atoms with Gasteiger partial charge in [-0.05, 0) is 42.5 Å². The number of nitrogens with zero attached hydrogens (tertiary/aromatic N) is 3. The number of nitrogens with one attached hydrogen (secondary N) is 2. The van der Waals surface area contributed by atoms with E-state index >= 15 is 0 Å². The van der Waals surface area contributed by atoms with Crippen molar-refractivity contribution in [2.24, 2.45) is 0 Å². The molecule has 0 saturated heterocycles. The number of anilines is 4. The molecule has 4 rings (SSSR count). The molecule has 1 amide bonds. The predicted molar refractivity (Wildman–Crippen MR) is 114 cm³/mol. The maximum atomic E-state index is 13.2. The van der Waals surface area contributed by atoms with E-state index in [1.54, 1.807) is 24.4 Å². The second kappa shape index (κ2) is 8.58. The van der Waals surface area contributed by atoms with Crippen molar-refractivity contribution in [3.05, 3.63) is 72.6 Å². The summed E-state index contributed by atoms with van der Waals surface area (Å²) >= 11 is 0. The highest BCUT2D eigenvalue weighted by atomic mass is 19.4. The number of aliphatic hydroxyl groups is 1. The highest BCUT2D eigenvalue weighted by Crippen LogP contribution is 2.50. The fourth-order valence-electron chi connectivity index (χ4n) is 3.45. The zero-order valence-corrected chi connectivity index (χ0v) is 17.4. The van der Waals surface area contributed by atoms with Crippen LogP contribution in [-0.4, -0.2) is 39.1 Å². The van der Waals surface area contributed by atoms with Crippen molar-refractivity contribution in [2.75, 3.05) is 10.2 Å². The van der Waals surface area contributed by atoms with E-state index in [2.05, 4.69) is 20.5 Å². The van der Waals surface area contributed by atoms with Crippen LogP contribution >= 0.6 is 0 Å². The molecule has 7 nitrogen and oxygen atoms in total. The van der Waals surface area contributed by atoms with Crippen LogP contribution in [0.15, 0.2) is 67.0 Å². The number of hydrogen-bond donors (Lipinski definition) is 3. The van der Waals surface area contributed by atoms with Crippen LogP contribution in [0.2, 0.25) is 0 Å². The highest BCUT2D eigenvalue weighted by Gasteiger charge is 2.71. The topological polar surface area (TPSA) is 94.1 Å². The first kappa shape index (κ1) is 24.0. The molecule has 182 valence electrons. The SMILES string of the molecule is O=CN(c1ccc(C(O)(C(F)(F)F)C(F)(F)F)cc1)c1cccnc1Nc1ccc2cn[nH]c2c1. The van der Waals surface area contributed by atoms with Crippen LogP contribution in [0.4, 0.5) is 49.2 Å². The van der Waals surface area contributed by atoms with E-state index < -0.39 is 23.5 Å². The Morgan fingerprint density at radius 2 is 1.66 bits per heavy atom. The molecule has 0 atom stereocenters. The largest absolute Gasteiger partial charge is 0.430 e. The number of halogens is 6. The summed E-state index contributed by atoms with van der Waals surface area (Å²) in [4.78, 5) is 17.1. The molecule has 2 heterocycles. The van der Waals surface area contributed by atoms with Gasteiger partial charge in [0.05, 0.1) is 17.4 Å². The molecule has 0 spiro atoms. The number of alkyl halides is 6. The Bertz CT molecular complexity index is 1340. The lowest BCUT2D eigenvalue weighted by Crippen LogP contribution is -2.53. The third kappa shape index (κ3) is 4.25. The molecule has 0 aliphatic rings. The molecule has 2 aromatic carbocycles. The Kier molecular flexibility index (Phi) is 5.88. The minimum atomic E-state index is -6.02. The van der Waals surface area contributed by atoms with E-state index in [1.807, 2.05) is 0 Å². The summed E-state index contributed by atoms with van der Waals surface area (Å²) in [5, 5.41) is 20.2. The standard InChI is InChI=1S/C22H15F6N5O2/c23-21(24,25)20(35,22(26,27)28)14-4-7-16(8-5-14)33(12-34)18-2-1-9-29-19(18)31-15-6-3-13-11-30-32-17(13)10-15/h1-12,35H,(H,29,31)(H,30,32). The van der Waals surface area contributed by atoms with Gasteiger partial charge in [0.1, 0.15) is 0 Å². The van der Waals surface area contributed by atoms with Crippen molar-refractivity contribution in [1.82, 2.24) is 15.2 Å². The highest BCUT2D eigenvalue weighted by molar-refractivity contribution is 5.92. The molecule has 0 aliphatic carbocycles. The van der Waals surface area contributed by atoms with Gasteiger partial charge in [0.25, 0.3) is 5.60 Å². The molecule has 2 aromatic heterocycles. The quantitative estimate of drug-likeness (QED) is 0.249. The fourth-order valence-corrected chi connectivity index (χ4v) is 3.45. The molecular formula is C22H15F6N5O2. The van der Waals surface area contributed by atoms with Crippen molar-refractivity contribution < 1.29 is 36.2 Å². The van der Waals surface area contributed by atoms with E-state index in [0.717, 1.165) is 27.9 Å². The van der Waals surface area contributed by atoms with Gasteiger partial charge >= 0.3 is 12.4 Å². The molecule has 0 fully saturated rings. The number of carbonyl (C=O) groups excluding carboxylic acids is 1. The van der Waals surface area contributed by atoms with Crippen molar-refractivity contribution in [2.45, 2.75) is 18.0 Å².